The number of rotatable bonds is 5. The Morgan fingerprint density at radius 2 is 0.926 bits per heavy atom. The average Bonchev–Trinajstić information content (AvgIpc) is 3.87. The first-order valence-electron chi connectivity index (χ1n) is 18.6. The fraction of sp³-hybridized carbons (Fsp3) is 0.0588. The summed E-state index contributed by atoms with van der Waals surface area (Å²) in [6.45, 7) is 4.68. The molecule has 0 unspecified atom stereocenters. The van der Waals surface area contributed by atoms with Crippen molar-refractivity contribution in [2.75, 3.05) is 4.90 Å². The lowest BCUT2D eigenvalue weighted by Crippen LogP contribution is -2.16. The number of nitrogens with zero attached hydrogens (tertiary/aromatic N) is 1. The van der Waals surface area contributed by atoms with Crippen LogP contribution in [-0.2, 0) is 5.41 Å². The van der Waals surface area contributed by atoms with Crippen molar-refractivity contribution in [1.82, 2.24) is 0 Å². The van der Waals surface area contributed by atoms with Crippen molar-refractivity contribution in [3.63, 3.8) is 0 Å². The summed E-state index contributed by atoms with van der Waals surface area (Å²) in [5, 5.41) is 4.45. The van der Waals surface area contributed by atoms with Crippen LogP contribution in [0.1, 0.15) is 25.0 Å². The highest BCUT2D eigenvalue weighted by molar-refractivity contribution is 6.14. The van der Waals surface area contributed by atoms with Crippen LogP contribution in [0.3, 0.4) is 0 Å². The first-order valence-corrected chi connectivity index (χ1v) is 18.6. The molecule has 0 radical (unpaired) electrons. The van der Waals surface area contributed by atoms with Gasteiger partial charge < -0.3 is 13.7 Å². The summed E-state index contributed by atoms with van der Waals surface area (Å²) < 4.78 is 13.5. The lowest BCUT2D eigenvalue weighted by atomic mass is 9.82. The molecule has 0 saturated heterocycles. The van der Waals surface area contributed by atoms with Crippen molar-refractivity contribution in [2.45, 2.75) is 19.3 Å². The van der Waals surface area contributed by atoms with E-state index in [2.05, 4.69) is 183 Å². The van der Waals surface area contributed by atoms with Crippen molar-refractivity contribution in [3.05, 3.63) is 187 Å². The van der Waals surface area contributed by atoms with E-state index in [1.807, 2.05) is 12.1 Å². The first-order chi connectivity index (χ1) is 26.6. The second-order valence-electron chi connectivity index (χ2n) is 14.8. The predicted molar refractivity (Wildman–Crippen MR) is 224 cm³/mol. The molecule has 10 aromatic rings. The van der Waals surface area contributed by atoms with Crippen molar-refractivity contribution >= 4 is 60.9 Å². The predicted octanol–water partition coefficient (Wildman–Crippen LogP) is 14.6. The van der Waals surface area contributed by atoms with Gasteiger partial charge in [0.1, 0.15) is 16.7 Å². The third-order valence-corrected chi connectivity index (χ3v) is 11.5. The van der Waals surface area contributed by atoms with Gasteiger partial charge in [0.05, 0.1) is 11.4 Å². The number of benzene rings is 8. The molecule has 8 aromatic carbocycles. The molecule has 0 N–H and O–H groups in total. The zero-order valence-corrected chi connectivity index (χ0v) is 30.0. The van der Waals surface area contributed by atoms with Gasteiger partial charge in [-0.15, -0.1) is 0 Å². The Morgan fingerprint density at radius 1 is 0.389 bits per heavy atom. The third kappa shape index (κ3) is 4.42. The van der Waals surface area contributed by atoms with E-state index in [1.54, 1.807) is 0 Å². The zero-order valence-electron chi connectivity index (χ0n) is 30.0. The van der Waals surface area contributed by atoms with Crippen molar-refractivity contribution < 1.29 is 8.83 Å². The lowest BCUT2D eigenvalue weighted by Gasteiger charge is -2.29. The van der Waals surface area contributed by atoms with Crippen LogP contribution < -0.4 is 4.90 Å². The van der Waals surface area contributed by atoms with Crippen molar-refractivity contribution in [1.29, 1.82) is 0 Å². The molecule has 54 heavy (non-hydrogen) atoms. The summed E-state index contributed by atoms with van der Waals surface area (Å²) >= 11 is 0. The van der Waals surface area contributed by atoms with Gasteiger partial charge in [0.15, 0.2) is 5.58 Å². The molecular formula is C51H35NO2. The highest BCUT2D eigenvalue weighted by atomic mass is 16.3. The number of anilines is 3. The maximum absolute atomic E-state index is 7.04. The normalized spacial score (nSPS) is 13.1. The molecule has 0 amide bonds. The first kappa shape index (κ1) is 30.8. The molecule has 256 valence electrons. The highest BCUT2D eigenvalue weighted by Gasteiger charge is 2.38. The fourth-order valence-corrected chi connectivity index (χ4v) is 8.92. The summed E-state index contributed by atoms with van der Waals surface area (Å²) in [5.41, 5.74) is 16.2. The summed E-state index contributed by atoms with van der Waals surface area (Å²) in [4.78, 5) is 2.40. The number of para-hydroxylation sites is 4. The molecule has 0 bridgehead atoms. The van der Waals surface area contributed by atoms with E-state index < -0.39 is 0 Å². The monoisotopic (exact) mass is 693 g/mol. The summed E-state index contributed by atoms with van der Waals surface area (Å²) in [7, 11) is 0. The molecule has 2 heterocycles. The van der Waals surface area contributed by atoms with Gasteiger partial charge in [-0.2, -0.15) is 0 Å². The highest BCUT2D eigenvalue weighted by Crippen LogP contribution is 2.55. The Hall–Kier alpha value is -6.84. The number of hydrogen-bond acceptors (Lipinski definition) is 3. The zero-order chi connectivity index (χ0) is 36.0. The van der Waals surface area contributed by atoms with Crippen LogP contribution in [0.2, 0.25) is 0 Å². The molecule has 2 aromatic heterocycles. The van der Waals surface area contributed by atoms with Crippen LogP contribution >= 0.6 is 0 Å². The fourth-order valence-electron chi connectivity index (χ4n) is 8.92. The minimum Gasteiger partial charge on any atom is -0.455 e. The lowest BCUT2D eigenvalue weighted by molar-refractivity contribution is 0.660. The molecule has 1 aliphatic carbocycles. The molecule has 11 rings (SSSR count). The van der Waals surface area contributed by atoms with Gasteiger partial charge in [-0.3, -0.25) is 0 Å². The summed E-state index contributed by atoms with van der Waals surface area (Å²) in [6.07, 6.45) is 0. The molecule has 0 saturated carbocycles. The quantitative estimate of drug-likeness (QED) is 0.180. The van der Waals surface area contributed by atoms with Gasteiger partial charge in [-0.1, -0.05) is 159 Å². The summed E-state index contributed by atoms with van der Waals surface area (Å²) in [5.74, 6) is 0. The van der Waals surface area contributed by atoms with Gasteiger partial charge in [-0.05, 0) is 58.1 Å². The Morgan fingerprint density at radius 3 is 1.72 bits per heavy atom. The second-order valence-corrected chi connectivity index (χ2v) is 14.8. The van der Waals surface area contributed by atoms with Gasteiger partial charge in [0.2, 0.25) is 0 Å². The average molecular weight is 694 g/mol. The molecule has 0 spiro atoms. The van der Waals surface area contributed by atoms with E-state index in [9.17, 15) is 0 Å². The number of hydrogen-bond donors (Lipinski definition) is 0. The van der Waals surface area contributed by atoms with Gasteiger partial charge in [0.25, 0.3) is 0 Å². The molecule has 0 fully saturated rings. The molecule has 0 atom stereocenters. The minimum atomic E-state index is -0.140. The van der Waals surface area contributed by atoms with E-state index in [0.29, 0.717) is 0 Å². The standard InChI is InChI=1S/C51H35NO2/c1-51(2)42-23-8-6-17-41(42)47-43(51)24-13-25-44(47)52(34-30-28-33(29-31-34)36-19-10-20-38-37-16-7-9-27-46(37)53-48(36)38)45-26-12-22-40-39-21-11-18-35(49(39)54-50(40)45)32-14-4-3-5-15-32/h3-31H,1-2H3. The Balaban J connectivity index is 1.15. The molecule has 3 heteroatoms. The van der Waals surface area contributed by atoms with Crippen LogP contribution in [0.4, 0.5) is 17.1 Å². The van der Waals surface area contributed by atoms with E-state index in [1.165, 1.54) is 22.3 Å². The van der Waals surface area contributed by atoms with E-state index >= 15 is 0 Å². The minimum absolute atomic E-state index is 0.140. The van der Waals surface area contributed by atoms with Gasteiger partial charge >= 0.3 is 0 Å². The maximum Gasteiger partial charge on any atom is 0.159 e. The molecular weight excluding hydrogens is 659 g/mol. The molecule has 0 aliphatic heterocycles. The number of fused-ring (bicyclic) bond motifs is 9. The van der Waals surface area contributed by atoms with Crippen LogP contribution in [0.25, 0.3) is 77.3 Å². The van der Waals surface area contributed by atoms with E-state index in [-0.39, 0.29) is 5.41 Å². The second kappa shape index (κ2) is 11.6. The Bertz CT molecular complexity index is 3070. The van der Waals surface area contributed by atoms with Crippen LogP contribution in [0.15, 0.2) is 185 Å². The van der Waals surface area contributed by atoms with Crippen LogP contribution in [-0.4, -0.2) is 0 Å². The van der Waals surface area contributed by atoms with E-state index in [4.69, 9.17) is 8.83 Å². The Kier molecular flexibility index (Phi) is 6.60. The van der Waals surface area contributed by atoms with Crippen LogP contribution in [0.5, 0.6) is 0 Å². The van der Waals surface area contributed by atoms with Crippen molar-refractivity contribution in [3.8, 4) is 33.4 Å². The maximum atomic E-state index is 7.04. The van der Waals surface area contributed by atoms with Crippen LogP contribution in [0, 0.1) is 0 Å². The molecule has 3 nitrogen and oxygen atoms in total. The van der Waals surface area contributed by atoms with Crippen molar-refractivity contribution in [2.24, 2.45) is 0 Å². The largest absolute Gasteiger partial charge is 0.455 e. The number of furan rings is 2. The SMILES string of the molecule is CC1(C)c2ccccc2-c2c(N(c3ccc(-c4cccc5c4oc4ccccc45)cc3)c3cccc4c3oc3c(-c5ccccc5)cccc34)cccc21. The third-order valence-electron chi connectivity index (χ3n) is 11.5. The van der Waals surface area contributed by atoms with Gasteiger partial charge in [-0.25, -0.2) is 0 Å². The molecule has 1 aliphatic rings. The van der Waals surface area contributed by atoms with E-state index in [0.717, 1.165) is 83.2 Å². The topological polar surface area (TPSA) is 29.5 Å². The smallest absolute Gasteiger partial charge is 0.159 e. The van der Waals surface area contributed by atoms with Gasteiger partial charge in [0, 0.05) is 49.3 Å². The summed E-state index contributed by atoms with van der Waals surface area (Å²) in [6, 6.07) is 62.7. The Labute approximate surface area is 313 Å².